The minimum absolute atomic E-state index is 0. The van der Waals surface area contributed by atoms with Crippen molar-refractivity contribution in [2.45, 2.75) is 44.9 Å². The molecule has 2 aromatic rings. The van der Waals surface area contributed by atoms with Crippen LogP contribution in [-0.2, 0) is 32.1 Å². The molecule has 1 aliphatic rings. The van der Waals surface area contributed by atoms with Crippen molar-refractivity contribution >= 4 is 29.9 Å². The van der Waals surface area contributed by atoms with E-state index in [1.54, 1.807) is 6.07 Å². The molecule has 0 unspecified atom stereocenters. The van der Waals surface area contributed by atoms with Crippen LogP contribution in [-0.4, -0.2) is 11.1 Å². The van der Waals surface area contributed by atoms with Gasteiger partial charge in [-0.2, -0.15) is 13.2 Å². The number of aromatic nitrogens is 1. The van der Waals surface area contributed by atoms with E-state index in [1.165, 1.54) is 6.07 Å². The molecule has 9 heteroatoms. The molecule has 0 amide bonds. The number of guanidine groups is 1. The van der Waals surface area contributed by atoms with Gasteiger partial charge in [0, 0.05) is 12.0 Å². The molecule has 0 bridgehead atoms. The third kappa shape index (κ3) is 5.12. The first-order chi connectivity index (χ1) is 11.9. The summed E-state index contributed by atoms with van der Waals surface area (Å²) in [6.07, 6.45) is -0.301. The zero-order valence-corrected chi connectivity index (χ0v) is 16.3. The molecule has 0 spiro atoms. The predicted octanol–water partition coefficient (Wildman–Crippen LogP) is 3.79. The van der Waals surface area contributed by atoms with Gasteiger partial charge in [-0.05, 0) is 37.0 Å². The highest BCUT2D eigenvalue weighted by atomic mass is 127. The van der Waals surface area contributed by atoms with Gasteiger partial charge in [0.05, 0.1) is 18.7 Å². The molecule has 1 aromatic heterocycles. The first-order valence-corrected chi connectivity index (χ1v) is 8.09. The van der Waals surface area contributed by atoms with Crippen molar-refractivity contribution in [2.75, 3.05) is 0 Å². The maximum absolute atomic E-state index is 12.7. The lowest BCUT2D eigenvalue weighted by Crippen LogP contribution is -2.31. The van der Waals surface area contributed by atoms with Gasteiger partial charge >= 0.3 is 6.18 Å². The number of rotatable bonds is 4. The summed E-state index contributed by atoms with van der Waals surface area (Å²) in [6, 6.07) is 5.05. The third-order valence-electron chi connectivity index (χ3n) is 4.15. The predicted molar refractivity (Wildman–Crippen MR) is 102 cm³/mol. The van der Waals surface area contributed by atoms with Gasteiger partial charge in [-0.25, -0.2) is 4.99 Å². The number of aryl methyl sites for hydroxylation is 1. The van der Waals surface area contributed by atoms with Gasteiger partial charge in [0.1, 0.15) is 11.5 Å². The number of nitrogens with one attached hydrogen (secondary N) is 1. The topological polar surface area (TPSA) is 76.4 Å². The Hall–Kier alpha value is -1.78. The maximum atomic E-state index is 12.7. The highest BCUT2D eigenvalue weighted by Gasteiger charge is 2.30. The van der Waals surface area contributed by atoms with Crippen LogP contribution in [0.25, 0.3) is 0 Å². The molecule has 0 fully saturated rings. The van der Waals surface area contributed by atoms with Crippen LogP contribution in [0, 0.1) is 0 Å². The van der Waals surface area contributed by atoms with Gasteiger partial charge in [-0.1, -0.05) is 17.3 Å². The SMILES string of the molecule is I.NC(=NCc1cccc(C(F)(F)F)c1)NCc1noc2c1CCCC2. The number of benzene rings is 1. The second-order valence-corrected chi connectivity index (χ2v) is 5.99. The standard InChI is InChI=1S/C17H19F3N4O.HI/c18-17(19,20)12-5-3-4-11(8-12)9-22-16(21)23-10-14-13-6-1-2-7-15(13)25-24-14;/h3-5,8H,1-2,6-7,9-10H2,(H3,21,22,23);1H. The Balaban J connectivity index is 0.00000243. The van der Waals surface area contributed by atoms with Crippen LogP contribution >= 0.6 is 24.0 Å². The van der Waals surface area contributed by atoms with E-state index in [4.69, 9.17) is 10.3 Å². The second kappa shape index (κ2) is 8.74. The van der Waals surface area contributed by atoms with Crippen molar-refractivity contribution in [1.82, 2.24) is 10.5 Å². The Morgan fingerprint density at radius 3 is 2.81 bits per heavy atom. The van der Waals surface area contributed by atoms with Gasteiger partial charge < -0.3 is 15.6 Å². The fraction of sp³-hybridized carbons (Fsp3) is 0.412. The van der Waals surface area contributed by atoms with Crippen LogP contribution in [0.15, 0.2) is 33.8 Å². The summed E-state index contributed by atoms with van der Waals surface area (Å²) in [5.74, 6) is 1.09. The van der Waals surface area contributed by atoms with E-state index in [0.29, 0.717) is 12.1 Å². The number of hydrogen-bond donors (Lipinski definition) is 2. The molecule has 142 valence electrons. The van der Waals surface area contributed by atoms with Gasteiger partial charge in [-0.15, -0.1) is 24.0 Å². The summed E-state index contributed by atoms with van der Waals surface area (Å²) in [5.41, 5.74) is 7.49. The van der Waals surface area contributed by atoms with Crippen LogP contribution in [0.4, 0.5) is 13.2 Å². The number of alkyl halides is 3. The van der Waals surface area contributed by atoms with Crippen molar-refractivity contribution in [3.05, 3.63) is 52.4 Å². The quantitative estimate of drug-likeness (QED) is 0.397. The molecule has 3 rings (SSSR count). The summed E-state index contributed by atoms with van der Waals surface area (Å²) < 4.78 is 43.4. The highest BCUT2D eigenvalue weighted by molar-refractivity contribution is 14.0. The van der Waals surface area contributed by atoms with E-state index in [0.717, 1.165) is 54.8 Å². The van der Waals surface area contributed by atoms with Crippen LogP contribution in [0.5, 0.6) is 0 Å². The third-order valence-corrected chi connectivity index (χ3v) is 4.15. The zero-order chi connectivity index (χ0) is 17.9. The Morgan fingerprint density at radius 1 is 1.27 bits per heavy atom. The molecule has 1 heterocycles. The number of halogens is 4. The monoisotopic (exact) mass is 480 g/mol. The van der Waals surface area contributed by atoms with Crippen molar-refractivity contribution < 1.29 is 17.7 Å². The van der Waals surface area contributed by atoms with Crippen molar-refractivity contribution in [3.8, 4) is 0 Å². The Labute approximate surface area is 166 Å². The zero-order valence-electron chi connectivity index (χ0n) is 14.0. The number of nitrogens with two attached hydrogens (primary N) is 1. The summed E-state index contributed by atoms with van der Waals surface area (Å²) in [4.78, 5) is 4.09. The lowest BCUT2D eigenvalue weighted by Gasteiger charge is -2.10. The van der Waals surface area contributed by atoms with E-state index in [2.05, 4.69) is 15.5 Å². The Kier molecular flexibility index (Phi) is 6.90. The largest absolute Gasteiger partial charge is 0.416 e. The molecule has 0 atom stereocenters. The number of hydrogen-bond acceptors (Lipinski definition) is 3. The summed E-state index contributed by atoms with van der Waals surface area (Å²) in [6.45, 7) is 0.455. The maximum Gasteiger partial charge on any atom is 0.416 e. The Morgan fingerprint density at radius 2 is 2.04 bits per heavy atom. The molecule has 0 saturated heterocycles. The van der Waals surface area contributed by atoms with Crippen molar-refractivity contribution in [2.24, 2.45) is 10.7 Å². The summed E-state index contributed by atoms with van der Waals surface area (Å²) in [7, 11) is 0. The molecule has 0 aliphatic heterocycles. The second-order valence-electron chi connectivity index (χ2n) is 5.99. The molecular weight excluding hydrogens is 460 g/mol. The van der Waals surface area contributed by atoms with Gasteiger partial charge in [0.2, 0.25) is 0 Å². The van der Waals surface area contributed by atoms with Crippen LogP contribution in [0.2, 0.25) is 0 Å². The minimum Gasteiger partial charge on any atom is -0.370 e. The van der Waals surface area contributed by atoms with Gasteiger partial charge in [0.15, 0.2) is 5.96 Å². The van der Waals surface area contributed by atoms with Gasteiger partial charge in [0.25, 0.3) is 0 Å². The average Bonchev–Trinajstić information content (AvgIpc) is 3.01. The van der Waals surface area contributed by atoms with Gasteiger partial charge in [-0.3, -0.25) is 0 Å². The molecule has 1 aliphatic carbocycles. The lowest BCUT2D eigenvalue weighted by molar-refractivity contribution is -0.137. The van der Waals surface area contributed by atoms with E-state index in [1.807, 2.05) is 0 Å². The minimum atomic E-state index is -4.37. The summed E-state index contributed by atoms with van der Waals surface area (Å²) >= 11 is 0. The van der Waals surface area contributed by atoms with E-state index < -0.39 is 11.7 Å². The lowest BCUT2D eigenvalue weighted by atomic mass is 9.96. The van der Waals surface area contributed by atoms with E-state index in [-0.39, 0.29) is 36.5 Å². The van der Waals surface area contributed by atoms with Crippen LogP contribution in [0.1, 0.15) is 41.0 Å². The highest BCUT2D eigenvalue weighted by Crippen LogP contribution is 2.29. The first-order valence-electron chi connectivity index (χ1n) is 8.09. The molecule has 5 nitrogen and oxygen atoms in total. The molecule has 0 radical (unpaired) electrons. The molecule has 26 heavy (non-hydrogen) atoms. The number of aliphatic imine (C=N–C) groups is 1. The van der Waals surface area contributed by atoms with E-state index in [9.17, 15) is 13.2 Å². The normalized spacial score (nSPS) is 14.5. The smallest absolute Gasteiger partial charge is 0.370 e. The molecule has 1 aromatic carbocycles. The van der Waals surface area contributed by atoms with Crippen molar-refractivity contribution in [1.29, 1.82) is 0 Å². The summed E-state index contributed by atoms with van der Waals surface area (Å²) in [5, 5.41) is 6.99. The fourth-order valence-corrected chi connectivity index (χ4v) is 2.84. The average molecular weight is 480 g/mol. The number of fused-ring (bicyclic) bond motifs is 1. The first kappa shape index (κ1) is 20.5. The van der Waals surface area contributed by atoms with E-state index >= 15 is 0 Å². The molecule has 3 N–H and O–H groups in total. The van der Waals surface area contributed by atoms with Crippen LogP contribution in [0.3, 0.4) is 0 Å². The van der Waals surface area contributed by atoms with Crippen LogP contribution < -0.4 is 11.1 Å². The van der Waals surface area contributed by atoms with Crippen molar-refractivity contribution in [3.63, 3.8) is 0 Å². The Bertz CT molecular complexity index is 774. The molecular formula is C17H20F3IN4O. The molecule has 0 saturated carbocycles. The fourth-order valence-electron chi connectivity index (χ4n) is 2.84. The number of nitrogens with zero attached hydrogens (tertiary/aromatic N) is 2.